The second-order valence-electron chi connectivity index (χ2n) is 4.11. The van der Waals surface area contributed by atoms with Crippen molar-refractivity contribution in [1.29, 1.82) is 5.26 Å². The summed E-state index contributed by atoms with van der Waals surface area (Å²) in [5, 5.41) is 19.8. The molecule has 2 aromatic carbocycles. The fraction of sp³-hybridized carbons (Fsp3) is 0.0714. The van der Waals surface area contributed by atoms with E-state index in [1.54, 1.807) is 24.1 Å². The van der Waals surface area contributed by atoms with Gasteiger partial charge >= 0.3 is 0 Å². The van der Waals surface area contributed by atoms with Crippen LogP contribution in [0.4, 0.5) is 21.5 Å². The summed E-state index contributed by atoms with van der Waals surface area (Å²) in [6.07, 6.45) is 0. The normalized spacial score (nSPS) is 9.85. The molecule has 0 spiro atoms. The molecule has 0 aliphatic heterocycles. The first-order chi connectivity index (χ1) is 9.52. The van der Waals surface area contributed by atoms with Gasteiger partial charge in [0.25, 0.3) is 5.69 Å². The van der Waals surface area contributed by atoms with Crippen LogP contribution in [0.1, 0.15) is 5.56 Å². The number of nitrogens with zero attached hydrogens (tertiary/aromatic N) is 3. The van der Waals surface area contributed by atoms with Gasteiger partial charge in [0.15, 0.2) is 0 Å². The minimum absolute atomic E-state index is 0.155. The zero-order chi connectivity index (χ0) is 14.7. The molecule has 0 N–H and O–H groups in total. The minimum Gasteiger partial charge on any atom is -0.343 e. The highest BCUT2D eigenvalue weighted by atomic mass is 19.1. The number of benzene rings is 2. The van der Waals surface area contributed by atoms with Crippen LogP contribution < -0.4 is 4.90 Å². The Labute approximate surface area is 114 Å². The maximum atomic E-state index is 13.2. The highest BCUT2D eigenvalue weighted by molar-refractivity contribution is 5.70. The van der Waals surface area contributed by atoms with Gasteiger partial charge < -0.3 is 4.90 Å². The number of rotatable bonds is 3. The monoisotopic (exact) mass is 271 g/mol. The maximum Gasteiger partial charge on any atom is 0.270 e. The third kappa shape index (κ3) is 2.57. The van der Waals surface area contributed by atoms with Crippen molar-refractivity contribution < 1.29 is 9.31 Å². The highest BCUT2D eigenvalue weighted by Gasteiger charge is 2.14. The van der Waals surface area contributed by atoms with E-state index < -0.39 is 10.7 Å². The van der Waals surface area contributed by atoms with Crippen molar-refractivity contribution in [3.8, 4) is 6.07 Å². The molecule has 0 amide bonds. The molecule has 0 heterocycles. The first kappa shape index (κ1) is 13.5. The number of nitro benzene ring substituents is 1. The second kappa shape index (κ2) is 5.36. The molecule has 0 atom stereocenters. The van der Waals surface area contributed by atoms with Crippen molar-refractivity contribution in [3.63, 3.8) is 0 Å². The fourth-order valence-corrected chi connectivity index (χ4v) is 1.84. The van der Waals surface area contributed by atoms with Crippen LogP contribution in [0.2, 0.25) is 0 Å². The molecule has 0 aromatic heterocycles. The highest BCUT2D eigenvalue weighted by Crippen LogP contribution is 2.29. The Balaban J connectivity index is 2.47. The topological polar surface area (TPSA) is 70.2 Å². The van der Waals surface area contributed by atoms with Crippen LogP contribution in [-0.2, 0) is 0 Å². The smallest absolute Gasteiger partial charge is 0.270 e. The molecule has 20 heavy (non-hydrogen) atoms. The number of non-ortho nitro benzene ring substituents is 1. The lowest BCUT2D eigenvalue weighted by Crippen LogP contribution is -2.11. The van der Waals surface area contributed by atoms with Crippen molar-refractivity contribution in [3.05, 3.63) is 64.0 Å². The van der Waals surface area contributed by atoms with Gasteiger partial charge in [-0.2, -0.15) is 5.26 Å². The van der Waals surface area contributed by atoms with E-state index in [2.05, 4.69) is 0 Å². The Hall–Kier alpha value is -2.94. The van der Waals surface area contributed by atoms with Crippen LogP contribution in [0.25, 0.3) is 0 Å². The van der Waals surface area contributed by atoms with Crippen LogP contribution in [0.5, 0.6) is 0 Å². The average molecular weight is 271 g/mol. The number of halogens is 1. The number of nitriles is 1. The predicted molar refractivity (Wildman–Crippen MR) is 72.3 cm³/mol. The third-order valence-electron chi connectivity index (χ3n) is 2.87. The number of hydrogen-bond donors (Lipinski definition) is 0. The van der Waals surface area contributed by atoms with E-state index in [0.717, 1.165) is 0 Å². The second-order valence-corrected chi connectivity index (χ2v) is 4.11. The first-order valence-electron chi connectivity index (χ1n) is 5.71. The lowest BCUT2D eigenvalue weighted by atomic mass is 10.1. The fourth-order valence-electron chi connectivity index (χ4n) is 1.84. The molecule has 2 aromatic rings. The maximum absolute atomic E-state index is 13.2. The summed E-state index contributed by atoms with van der Waals surface area (Å²) in [5.41, 5.74) is 1.03. The van der Waals surface area contributed by atoms with E-state index in [9.17, 15) is 14.5 Å². The Morgan fingerprint density at radius 2 is 2.05 bits per heavy atom. The Bertz CT molecular complexity index is 710. The van der Waals surface area contributed by atoms with E-state index in [1.165, 1.54) is 30.3 Å². The summed E-state index contributed by atoms with van der Waals surface area (Å²) in [4.78, 5) is 11.7. The molecule has 0 saturated heterocycles. The summed E-state index contributed by atoms with van der Waals surface area (Å²) >= 11 is 0. The minimum atomic E-state index is -0.563. The molecule has 6 heteroatoms. The van der Waals surface area contributed by atoms with E-state index in [1.807, 2.05) is 6.07 Å². The summed E-state index contributed by atoms with van der Waals surface area (Å²) < 4.78 is 13.2. The number of hydrogen-bond acceptors (Lipinski definition) is 4. The molecular formula is C14H10FN3O2. The van der Waals surface area contributed by atoms with Crippen LogP contribution in [-0.4, -0.2) is 12.0 Å². The molecule has 0 aliphatic carbocycles. The molecule has 0 saturated carbocycles. The Kier molecular flexibility index (Phi) is 3.62. The van der Waals surface area contributed by atoms with Crippen LogP contribution >= 0.6 is 0 Å². The van der Waals surface area contributed by atoms with Crippen molar-refractivity contribution in [1.82, 2.24) is 0 Å². The predicted octanol–water partition coefficient (Wildman–Crippen LogP) is 3.37. The largest absolute Gasteiger partial charge is 0.343 e. The molecule has 0 aliphatic rings. The zero-order valence-electron chi connectivity index (χ0n) is 10.6. The van der Waals surface area contributed by atoms with Crippen molar-refractivity contribution in [2.75, 3.05) is 11.9 Å². The van der Waals surface area contributed by atoms with Gasteiger partial charge in [0.1, 0.15) is 11.9 Å². The SMILES string of the molecule is CN(c1cccc(F)c1)c1ccc([N+](=O)[O-])cc1C#N. The van der Waals surface area contributed by atoms with Gasteiger partial charge in [-0.3, -0.25) is 10.1 Å². The zero-order valence-corrected chi connectivity index (χ0v) is 10.6. The van der Waals surface area contributed by atoms with E-state index in [-0.39, 0.29) is 11.3 Å². The molecule has 0 radical (unpaired) electrons. The molecule has 0 fully saturated rings. The van der Waals surface area contributed by atoms with Gasteiger partial charge in [-0.25, -0.2) is 4.39 Å². The molecule has 2 rings (SSSR count). The third-order valence-corrected chi connectivity index (χ3v) is 2.87. The molecular weight excluding hydrogens is 261 g/mol. The van der Waals surface area contributed by atoms with Crippen molar-refractivity contribution in [2.45, 2.75) is 0 Å². The summed E-state index contributed by atoms with van der Waals surface area (Å²) in [7, 11) is 1.66. The van der Waals surface area contributed by atoms with Crippen molar-refractivity contribution >= 4 is 17.1 Å². The molecule has 100 valence electrons. The van der Waals surface area contributed by atoms with Gasteiger partial charge in [-0.05, 0) is 24.3 Å². The molecule has 0 bridgehead atoms. The Morgan fingerprint density at radius 1 is 1.30 bits per heavy atom. The van der Waals surface area contributed by atoms with Gasteiger partial charge in [-0.1, -0.05) is 6.07 Å². The molecule has 5 nitrogen and oxygen atoms in total. The quantitative estimate of drug-likeness (QED) is 0.633. The number of nitro groups is 1. The average Bonchev–Trinajstić information content (AvgIpc) is 2.45. The Morgan fingerprint density at radius 3 is 2.65 bits per heavy atom. The standard InChI is InChI=1S/C14H10FN3O2/c1-17(12-4-2-3-11(15)8-12)14-6-5-13(18(19)20)7-10(14)9-16/h2-8H,1H3. The van der Waals surface area contributed by atoms with Gasteiger partial charge in [0, 0.05) is 24.9 Å². The van der Waals surface area contributed by atoms with Gasteiger partial charge in [0.05, 0.1) is 16.2 Å². The van der Waals surface area contributed by atoms with E-state index in [4.69, 9.17) is 5.26 Å². The number of anilines is 2. The van der Waals surface area contributed by atoms with Crippen LogP contribution in [0, 0.1) is 27.3 Å². The first-order valence-corrected chi connectivity index (χ1v) is 5.71. The van der Waals surface area contributed by atoms with Crippen molar-refractivity contribution in [2.24, 2.45) is 0 Å². The van der Waals surface area contributed by atoms with Crippen LogP contribution in [0.3, 0.4) is 0 Å². The summed E-state index contributed by atoms with van der Waals surface area (Å²) in [5.74, 6) is -0.394. The van der Waals surface area contributed by atoms with Crippen LogP contribution in [0.15, 0.2) is 42.5 Å². The lowest BCUT2D eigenvalue weighted by molar-refractivity contribution is -0.384. The summed E-state index contributed by atoms with van der Waals surface area (Å²) in [6, 6.07) is 11.8. The van der Waals surface area contributed by atoms with Gasteiger partial charge in [-0.15, -0.1) is 0 Å². The van der Waals surface area contributed by atoms with Gasteiger partial charge in [0.2, 0.25) is 0 Å². The summed E-state index contributed by atoms with van der Waals surface area (Å²) in [6.45, 7) is 0. The van der Waals surface area contributed by atoms with E-state index in [0.29, 0.717) is 11.4 Å². The molecule has 0 unspecified atom stereocenters. The lowest BCUT2D eigenvalue weighted by Gasteiger charge is -2.20. The van der Waals surface area contributed by atoms with E-state index >= 15 is 0 Å².